The van der Waals surface area contributed by atoms with Crippen LogP contribution in [0.2, 0.25) is 0 Å². The largest absolute Gasteiger partial charge is 0.478 e. The zero-order valence-corrected chi connectivity index (χ0v) is 18.3. The van der Waals surface area contributed by atoms with Crippen LogP contribution < -0.4 is 15.4 Å². The van der Waals surface area contributed by atoms with E-state index >= 15 is 0 Å². The molecule has 1 aliphatic rings. The molecule has 33 heavy (non-hydrogen) atoms. The number of carbonyl (C=O) groups is 5. The van der Waals surface area contributed by atoms with E-state index in [1.807, 2.05) is 12.2 Å². The fourth-order valence-electron chi connectivity index (χ4n) is 3.46. The Balaban J connectivity index is 1.63. The van der Waals surface area contributed by atoms with Crippen molar-refractivity contribution < 1.29 is 28.7 Å². The van der Waals surface area contributed by atoms with Crippen molar-refractivity contribution in [3.8, 4) is 5.88 Å². The van der Waals surface area contributed by atoms with Gasteiger partial charge in [0, 0.05) is 31.3 Å². The molecule has 0 saturated carbocycles. The Morgan fingerprint density at radius 3 is 2.58 bits per heavy atom. The maximum absolute atomic E-state index is 12.9. The minimum atomic E-state index is -0.523. The Kier molecular flexibility index (Phi) is 7.50. The second-order valence-electron chi connectivity index (χ2n) is 7.43. The average molecular weight is 452 g/mol. The summed E-state index contributed by atoms with van der Waals surface area (Å²) in [7, 11) is 0. The van der Waals surface area contributed by atoms with Crippen molar-refractivity contribution in [2.45, 2.75) is 39.3 Å². The van der Waals surface area contributed by atoms with Gasteiger partial charge in [0.25, 0.3) is 17.7 Å². The van der Waals surface area contributed by atoms with E-state index in [0.717, 1.165) is 4.90 Å². The molecule has 1 aromatic heterocycles. The van der Waals surface area contributed by atoms with E-state index in [0.29, 0.717) is 30.0 Å². The molecule has 1 aromatic carbocycles. The number of fused-ring (bicyclic) bond motifs is 1. The molecule has 0 spiro atoms. The second-order valence-corrected chi connectivity index (χ2v) is 7.43. The zero-order chi connectivity index (χ0) is 24.0. The predicted octanol–water partition coefficient (Wildman–Crippen LogP) is 1.45. The summed E-state index contributed by atoms with van der Waals surface area (Å²) in [6, 6.07) is 7.50. The Bertz CT molecular complexity index is 1080. The van der Waals surface area contributed by atoms with Crippen molar-refractivity contribution in [1.82, 2.24) is 20.5 Å². The number of benzene rings is 1. The van der Waals surface area contributed by atoms with Gasteiger partial charge in [-0.15, -0.1) is 0 Å². The third kappa shape index (κ3) is 5.40. The van der Waals surface area contributed by atoms with Crippen LogP contribution in [0.25, 0.3) is 0 Å². The van der Waals surface area contributed by atoms with E-state index in [1.165, 1.54) is 6.20 Å². The van der Waals surface area contributed by atoms with Crippen LogP contribution in [0, 0.1) is 0 Å². The van der Waals surface area contributed by atoms with E-state index in [9.17, 15) is 24.0 Å². The van der Waals surface area contributed by atoms with Crippen molar-refractivity contribution in [2.75, 3.05) is 6.61 Å². The summed E-state index contributed by atoms with van der Waals surface area (Å²) >= 11 is 0. The molecule has 0 saturated heterocycles. The fraction of sp³-hybridized carbons (Fsp3) is 0.304. The molecule has 0 aliphatic carbocycles. The molecule has 2 heterocycles. The highest BCUT2D eigenvalue weighted by atomic mass is 16.5. The number of carbonyl (C=O) groups excluding carboxylic acids is 5. The molecule has 2 aromatic rings. The molecule has 0 fully saturated rings. The molecule has 1 atom stereocenters. The number of ether oxygens (including phenoxy) is 1. The highest BCUT2D eigenvalue weighted by Gasteiger charge is 2.38. The van der Waals surface area contributed by atoms with Gasteiger partial charge in [0.2, 0.25) is 18.2 Å². The molecule has 1 aliphatic heterocycles. The quantitative estimate of drug-likeness (QED) is 0.411. The molecular formula is C23H24N4O6. The van der Waals surface area contributed by atoms with Crippen LogP contribution in [0.1, 0.15) is 63.3 Å². The zero-order valence-electron chi connectivity index (χ0n) is 18.3. The van der Waals surface area contributed by atoms with Crippen LogP contribution >= 0.6 is 0 Å². The maximum atomic E-state index is 12.9. The lowest BCUT2D eigenvalue weighted by atomic mass is 10.1. The van der Waals surface area contributed by atoms with Gasteiger partial charge in [0.15, 0.2) is 0 Å². The van der Waals surface area contributed by atoms with Crippen LogP contribution in [0.5, 0.6) is 5.88 Å². The third-order valence-electron chi connectivity index (χ3n) is 5.18. The number of rotatable bonds is 10. The Labute approximate surface area is 190 Å². The molecule has 2 N–H and O–H groups in total. The van der Waals surface area contributed by atoms with Crippen molar-refractivity contribution >= 4 is 30.0 Å². The van der Waals surface area contributed by atoms with Gasteiger partial charge in [0.1, 0.15) is 0 Å². The van der Waals surface area contributed by atoms with Crippen molar-refractivity contribution in [2.24, 2.45) is 0 Å². The Hall–Kier alpha value is -4.08. The average Bonchev–Trinajstić information content (AvgIpc) is 3.06. The Morgan fingerprint density at radius 2 is 1.91 bits per heavy atom. The fourth-order valence-corrected chi connectivity index (χ4v) is 3.46. The van der Waals surface area contributed by atoms with E-state index in [2.05, 4.69) is 10.3 Å². The van der Waals surface area contributed by atoms with Gasteiger partial charge in [-0.05, 0) is 44.0 Å². The van der Waals surface area contributed by atoms with Crippen LogP contribution in [0.3, 0.4) is 0 Å². The van der Waals surface area contributed by atoms with Gasteiger partial charge in [-0.2, -0.15) is 0 Å². The number of hydrogen-bond donors (Lipinski definition) is 2. The highest BCUT2D eigenvalue weighted by Crippen LogP contribution is 2.27. The number of hydrogen-bond acceptors (Lipinski definition) is 7. The molecule has 1 unspecified atom stereocenters. The maximum Gasteiger partial charge on any atom is 0.261 e. The molecule has 172 valence electrons. The smallest absolute Gasteiger partial charge is 0.261 e. The van der Waals surface area contributed by atoms with Gasteiger partial charge < -0.3 is 10.1 Å². The number of amides is 5. The van der Waals surface area contributed by atoms with E-state index in [-0.39, 0.29) is 36.4 Å². The molecule has 10 nitrogen and oxygen atoms in total. The number of pyridine rings is 1. The van der Waals surface area contributed by atoms with Crippen LogP contribution in [0.4, 0.5) is 0 Å². The lowest BCUT2D eigenvalue weighted by Gasteiger charge is -2.22. The van der Waals surface area contributed by atoms with Crippen LogP contribution in [-0.2, 0) is 16.1 Å². The molecule has 0 bridgehead atoms. The number of imide groups is 2. The third-order valence-corrected chi connectivity index (χ3v) is 5.18. The molecule has 5 amide bonds. The predicted molar refractivity (Wildman–Crippen MR) is 116 cm³/mol. The highest BCUT2D eigenvalue weighted by molar-refractivity contribution is 6.21. The molecular weight excluding hydrogens is 428 g/mol. The number of nitrogens with one attached hydrogen (secondary N) is 2. The summed E-state index contributed by atoms with van der Waals surface area (Å²) in [5.41, 5.74) is 1.54. The minimum Gasteiger partial charge on any atom is -0.478 e. The van der Waals surface area contributed by atoms with Crippen LogP contribution in [-0.4, -0.2) is 52.6 Å². The standard InChI is InChI=1S/C23H24N4O6/c1-3-33-20-9-6-16(12-24-20)21(30)25-11-15-5-7-17-18(10-15)23(32)27(22(17)31)14(2)4-8-19(29)26-13-28/h5-7,9-10,12-14H,3-4,8,11H2,1-2H3,(H,25,30)(H,26,28,29). The lowest BCUT2D eigenvalue weighted by Crippen LogP contribution is -2.38. The minimum absolute atomic E-state index is 0.00496. The summed E-state index contributed by atoms with van der Waals surface area (Å²) in [6.07, 6.45) is 1.94. The SMILES string of the molecule is CCOc1ccc(C(=O)NCc2ccc3c(c2)C(=O)N(C(C)CCC(=O)NC=O)C3=O)cn1. The molecule has 3 rings (SSSR count). The monoisotopic (exact) mass is 452 g/mol. The van der Waals surface area contributed by atoms with Gasteiger partial charge in [-0.3, -0.25) is 34.2 Å². The Morgan fingerprint density at radius 1 is 1.15 bits per heavy atom. The molecule has 0 radical (unpaired) electrons. The first-order valence-electron chi connectivity index (χ1n) is 10.5. The number of aromatic nitrogens is 1. The first kappa shape index (κ1) is 23.6. The second kappa shape index (κ2) is 10.5. The topological polar surface area (TPSA) is 135 Å². The summed E-state index contributed by atoms with van der Waals surface area (Å²) in [4.78, 5) is 64.9. The van der Waals surface area contributed by atoms with Gasteiger partial charge >= 0.3 is 0 Å². The van der Waals surface area contributed by atoms with Crippen molar-refractivity contribution in [3.05, 3.63) is 58.8 Å². The van der Waals surface area contributed by atoms with Gasteiger partial charge in [-0.25, -0.2) is 4.98 Å². The first-order chi connectivity index (χ1) is 15.8. The number of nitrogens with zero attached hydrogens (tertiary/aromatic N) is 2. The molecule has 10 heteroatoms. The summed E-state index contributed by atoms with van der Waals surface area (Å²) in [6.45, 7) is 4.14. The van der Waals surface area contributed by atoms with Crippen molar-refractivity contribution in [3.63, 3.8) is 0 Å². The van der Waals surface area contributed by atoms with Gasteiger partial charge in [-0.1, -0.05) is 6.07 Å². The lowest BCUT2D eigenvalue weighted by molar-refractivity contribution is -0.125. The van der Waals surface area contributed by atoms with Crippen molar-refractivity contribution in [1.29, 1.82) is 0 Å². The van der Waals surface area contributed by atoms with Gasteiger partial charge in [0.05, 0.1) is 23.3 Å². The summed E-state index contributed by atoms with van der Waals surface area (Å²) in [5.74, 6) is -1.28. The van der Waals surface area contributed by atoms with Crippen LogP contribution in [0.15, 0.2) is 36.5 Å². The van der Waals surface area contributed by atoms with E-state index < -0.39 is 23.8 Å². The van der Waals surface area contributed by atoms with E-state index in [4.69, 9.17) is 4.74 Å². The normalized spacial score (nSPS) is 13.3. The summed E-state index contributed by atoms with van der Waals surface area (Å²) in [5, 5.41) is 4.79. The summed E-state index contributed by atoms with van der Waals surface area (Å²) < 4.78 is 5.25. The van der Waals surface area contributed by atoms with E-state index in [1.54, 1.807) is 37.3 Å². The first-order valence-corrected chi connectivity index (χ1v) is 10.5.